The molecule has 0 saturated carbocycles. The van der Waals surface area contributed by atoms with E-state index >= 15 is 0 Å². The zero-order valence-corrected chi connectivity index (χ0v) is 15.9. The van der Waals surface area contributed by atoms with Gasteiger partial charge in [0.25, 0.3) is 0 Å². The summed E-state index contributed by atoms with van der Waals surface area (Å²) >= 11 is 0. The highest BCUT2D eigenvalue weighted by Crippen LogP contribution is 2.35. The lowest BCUT2D eigenvalue weighted by atomic mass is 10.0. The number of rotatable bonds is 8. The minimum atomic E-state index is 0.0708. The summed E-state index contributed by atoms with van der Waals surface area (Å²) in [4.78, 5) is 17.2. The number of Topliss-reactive ketones (excluding diaryl/α,β-unsaturated/α-hetero) is 1. The number of nitrogens with one attached hydrogen (secondary N) is 1. The number of methoxy groups -OCH3 is 2. The van der Waals surface area contributed by atoms with Gasteiger partial charge in [-0.25, -0.2) is 0 Å². The first-order valence-electron chi connectivity index (χ1n) is 9.02. The molecular weight excluding hydrogens is 340 g/mol. The summed E-state index contributed by atoms with van der Waals surface area (Å²) in [7, 11) is 3.28. The van der Waals surface area contributed by atoms with Crippen LogP contribution in [0.5, 0.6) is 5.75 Å². The Balaban J connectivity index is 2.19. The SMILES string of the molecule is CCCC(=O)c1cnc2c(OC)cccc2c1Nc1ccccc1COC. The number of anilines is 2. The zero-order chi connectivity index (χ0) is 19.2. The van der Waals surface area contributed by atoms with Gasteiger partial charge in [0.05, 0.1) is 25.0 Å². The van der Waals surface area contributed by atoms with Crippen molar-refractivity contribution in [2.24, 2.45) is 0 Å². The predicted octanol–water partition coefficient (Wildman–Crippen LogP) is 5.12. The van der Waals surface area contributed by atoms with Crippen LogP contribution in [0.1, 0.15) is 35.7 Å². The highest BCUT2D eigenvalue weighted by Gasteiger charge is 2.18. The van der Waals surface area contributed by atoms with E-state index in [-0.39, 0.29) is 5.78 Å². The van der Waals surface area contributed by atoms with Gasteiger partial charge in [-0.3, -0.25) is 9.78 Å². The van der Waals surface area contributed by atoms with Crippen LogP contribution in [0, 0.1) is 0 Å². The third-order valence-corrected chi connectivity index (χ3v) is 4.43. The molecule has 1 heterocycles. The Kier molecular flexibility index (Phi) is 6.04. The van der Waals surface area contributed by atoms with Crippen molar-refractivity contribution in [2.75, 3.05) is 19.5 Å². The van der Waals surface area contributed by atoms with E-state index in [4.69, 9.17) is 9.47 Å². The quantitative estimate of drug-likeness (QED) is 0.562. The number of aromatic nitrogens is 1. The van der Waals surface area contributed by atoms with E-state index in [1.807, 2.05) is 49.4 Å². The number of benzene rings is 2. The zero-order valence-electron chi connectivity index (χ0n) is 15.9. The van der Waals surface area contributed by atoms with Crippen LogP contribution in [0.15, 0.2) is 48.7 Å². The van der Waals surface area contributed by atoms with E-state index in [2.05, 4.69) is 10.3 Å². The average molecular weight is 364 g/mol. The molecule has 3 aromatic rings. The summed E-state index contributed by atoms with van der Waals surface area (Å²) < 4.78 is 10.8. The summed E-state index contributed by atoms with van der Waals surface area (Å²) in [5, 5.41) is 4.31. The fourth-order valence-electron chi connectivity index (χ4n) is 3.13. The van der Waals surface area contributed by atoms with Crippen molar-refractivity contribution in [2.45, 2.75) is 26.4 Å². The Hall–Kier alpha value is -2.92. The van der Waals surface area contributed by atoms with E-state index < -0.39 is 0 Å². The van der Waals surface area contributed by atoms with Crippen LogP contribution in [0.2, 0.25) is 0 Å². The lowest BCUT2D eigenvalue weighted by Gasteiger charge is -2.17. The fraction of sp³-hybridized carbons (Fsp3) is 0.273. The molecule has 0 amide bonds. The van der Waals surface area contributed by atoms with Crippen molar-refractivity contribution in [1.29, 1.82) is 0 Å². The Bertz CT molecular complexity index is 953. The number of carbonyl (C=O) groups is 1. The normalized spacial score (nSPS) is 10.8. The second kappa shape index (κ2) is 8.64. The largest absolute Gasteiger partial charge is 0.494 e. The Morgan fingerprint density at radius 3 is 2.67 bits per heavy atom. The van der Waals surface area contributed by atoms with E-state index in [1.165, 1.54) is 0 Å². The van der Waals surface area contributed by atoms with Gasteiger partial charge in [-0.05, 0) is 18.6 Å². The summed E-state index contributed by atoms with van der Waals surface area (Å²) in [6.07, 6.45) is 2.91. The van der Waals surface area contributed by atoms with Gasteiger partial charge in [0.2, 0.25) is 0 Å². The van der Waals surface area contributed by atoms with Gasteiger partial charge in [0.15, 0.2) is 5.78 Å². The molecule has 0 aliphatic heterocycles. The molecule has 27 heavy (non-hydrogen) atoms. The molecule has 5 nitrogen and oxygen atoms in total. The molecule has 140 valence electrons. The van der Waals surface area contributed by atoms with Crippen LogP contribution < -0.4 is 10.1 Å². The minimum Gasteiger partial charge on any atom is -0.494 e. The molecule has 0 radical (unpaired) electrons. The van der Waals surface area contributed by atoms with Crippen molar-refractivity contribution >= 4 is 28.1 Å². The second-order valence-electron chi connectivity index (χ2n) is 6.29. The number of nitrogens with zero attached hydrogens (tertiary/aromatic N) is 1. The Morgan fingerprint density at radius 1 is 1.11 bits per heavy atom. The molecular formula is C22H24N2O3. The Morgan fingerprint density at radius 2 is 1.93 bits per heavy atom. The van der Waals surface area contributed by atoms with Gasteiger partial charge in [0, 0.05) is 36.4 Å². The smallest absolute Gasteiger partial charge is 0.166 e. The average Bonchev–Trinajstić information content (AvgIpc) is 2.69. The molecule has 1 N–H and O–H groups in total. The molecule has 2 aromatic carbocycles. The van der Waals surface area contributed by atoms with Crippen molar-refractivity contribution in [1.82, 2.24) is 4.98 Å². The minimum absolute atomic E-state index is 0.0708. The lowest BCUT2D eigenvalue weighted by Crippen LogP contribution is -2.07. The summed E-state index contributed by atoms with van der Waals surface area (Å²) in [5.41, 5.74) is 3.98. The molecule has 0 spiro atoms. The number of carbonyl (C=O) groups excluding carboxylic acids is 1. The second-order valence-corrected chi connectivity index (χ2v) is 6.29. The van der Waals surface area contributed by atoms with Gasteiger partial charge in [-0.1, -0.05) is 37.3 Å². The molecule has 0 saturated heterocycles. The van der Waals surface area contributed by atoms with Crippen LogP contribution >= 0.6 is 0 Å². The molecule has 0 fully saturated rings. The number of fused-ring (bicyclic) bond motifs is 1. The molecule has 3 rings (SSSR count). The lowest BCUT2D eigenvalue weighted by molar-refractivity contribution is 0.0982. The van der Waals surface area contributed by atoms with Gasteiger partial charge in [-0.15, -0.1) is 0 Å². The molecule has 1 aromatic heterocycles. The van der Waals surface area contributed by atoms with Crippen LogP contribution in [0.25, 0.3) is 10.9 Å². The first-order chi connectivity index (χ1) is 13.2. The number of para-hydroxylation sites is 2. The van der Waals surface area contributed by atoms with E-state index in [0.717, 1.165) is 34.3 Å². The van der Waals surface area contributed by atoms with Crippen molar-refractivity contribution in [3.63, 3.8) is 0 Å². The summed E-state index contributed by atoms with van der Waals surface area (Å²) in [6.45, 7) is 2.48. The van der Waals surface area contributed by atoms with Crippen LogP contribution in [-0.2, 0) is 11.3 Å². The summed E-state index contributed by atoms with van der Waals surface area (Å²) in [5.74, 6) is 0.747. The van der Waals surface area contributed by atoms with Gasteiger partial charge < -0.3 is 14.8 Å². The maximum absolute atomic E-state index is 12.7. The van der Waals surface area contributed by atoms with Gasteiger partial charge in [-0.2, -0.15) is 0 Å². The van der Waals surface area contributed by atoms with Crippen LogP contribution in [0.3, 0.4) is 0 Å². The molecule has 0 unspecified atom stereocenters. The van der Waals surface area contributed by atoms with E-state index in [9.17, 15) is 4.79 Å². The molecule has 0 bridgehead atoms. The van der Waals surface area contributed by atoms with Crippen molar-refractivity contribution in [3.05, 3.63) is 59.8 Å². The molecule has 0 aliphatic carbocycles. The standard InChI is InChI=1S/C22H24N2O3/c1-4-8-19(25)17-13-23-22-16(10-7-12-20(22)27-3)21(17)24-18-11-6-5-9-15(18)14-26-2/h5-7,9-13H,4,8,14H2,1-3H3,(H,23,24). The number of pyridine rings is 1. The monoisotopic (exact) mass is 364 g/mol. The predicted molar refractivity (Wildman–Crippen MR) is 108 cm³/mol. The third-order valence-electron chi connectivity index (χ3n) is 4.43. The number of hydrogen-bond acceptors (Lipinski definition) is 5. The maximum atomic E-state index is 12.7. The van der Waals surface area contributed by atoms with E-state index in [0.29, 0.717) is 24.3 Å². The van der Waals surface area contributed by atoms with Crippen molar-refractivity contribution < 1.29 is 14.3 Å². The van der Waals surface area contributed by atoms with Gasteiger partial charge in [0.1, 0.15) is 11.3 Å². The highest BCUT2D eigenvalue weighted by atomic mass is 16.5. The first-order valence-corrected chi connectivity index (χ1v) is 9.02. The maximum Gasteiger partial charge on any atom is 0.166 e. The number of ether oxygens (including phenoxy) is 2. The third kappa shape index (κ3) is 3.93. The molecule has 5 heteroatoms. The molecule has 0 aliphatic rings. The van der Waals surface area contributed by atoms with Crippen LogP contribution in [0.4, 0.5) is 11.4 Å². The van der Waals surface area contributed by atoms with E-state index in [1.54, 1.807) is 20.4 Å². The Labute approximate surface area is 159 Å². The highest BCUT2D eigenvalue weighted by molar-refractivity contribution is 6.09. The molecule has 0 atom stereocenters. The summed E-state index contributed by atoms with van der Waals surface area (Å²) in [6, 6.07) is 13.6. The first kappa shape index (κ1) is 18.9. The van der Waals surface area contributed by atoms with Gasteiger partial charge >= 0.3 is 0 Å². The van der Waals surface area contributed by atoms with Crippen LogP contribution in [-0.4, -0.2) is 25.0 Å². The number of ketones is 1. The topological polar surface area (TPSA) is 60.5 Å². The fourth-order valence-corrected chi connectivity index (χ4v) is 3.13. The van der Waals surface area contributed by atoms with Crippen molar-refractivity contribution in [3.8, 4) is 5.75 Å². The number of hydrogen-bond donors (Lipinski definition) is 1.